The van der Waals surface area contributed by atoms with Crippen LogP contribution in [0.5, 0.6) is 0 Å². The minimum atomic E-state index is -0.211. The third kappa shape index (κ3) is 8.19. The van der Waals surface area contributed by atoms with Crippen molar-refractivity contribution in [2.75, 3.05) is 6.61 Å². The van der Waals surface area contributed by atoms with Gasteiger partial charge in [-0.25, -0.2) is 0 Å². The summed E-state index contributed by atoms with van der Waals surface area (Å²) in [4.78, 5) is 11.6. The number of hydrogen-bond donors (Lipinski definition) is 1. The Hall–Kier alpha value is -0.570. The number of ether oxygens (including phenoxy) is 1. The average Bonchev–Trinajstić information content (AvgIpc) is 2.15. The minimum absolute atomic E-state index is 0.148. The molecular formula is C14H29NO2. The molecule has 0 bridgehead atoms. The monoisotopic (exact) mass is 243 g/mol. The molecule has 3 heteroatoms. The van der Waals surface area contributed by atoms with Gasteiger partial charge in [0.2, 0.25) is 0 Å². The van der Waals surface area contributed by atoms with Crippen molar-refractivity contribution in [3.05, 3.63) is 0 Å². The summed E-state index contributed by atoms with van der Waals surface area (Å²) in [7, 11) is 0. The maximum Gasteiger partial charge on any atom is 0.322 e. The van der Waals surface area contributed by atoms with Crippen LogP contribution in [0.3, 0.4) is 0 Å². The van der Waals surface area contributed by atoms with Gasteiger partial charge in [-0.05, 0) is 38.5 Å². The van der Waals surface area contributed by atoms with Crippen molar-refractivity contribution >= 4 is 5.97 Å². The highest BCUT2D eigenvalue weighted by atomic mass is 16.5. The van der Waals surface area contributed by atoms with E-state index in [4.69, 9.17) is 4.74 Å². The van der Waals surface area contributed by atoms with Gasteiger partial charge in [0.25, 0.3) is 0 Å². The van der Waals surface area contributed by atoms with Crippen molar-refractivity contribution in [1.82, 2.24) is 5.32 Å². The van der Waals surface area contributed by atoms with Crippen LogP contribution in [0.1, 0.15) is 54.4 Å². The van der Waals surface area contributed by atoms with Gasteiger partial charge in [-0.3, -0.25) is 4.79 Å². The summed E-state index contributed by atoms with van der Waals surface area (Å²) in [6, 6.07) is 0.187. The van der Waals surface area contributed by atoms with E-state index in [2.05, 4.69) is 33.0 Å². The second kappa shape index (κ2) is 8.51. The van der Waals surface area contributed by atoms with Crippen molar-refractivity contribution in [3.8, 4) is 0 Å². The molecule has 3 nitrogen and oxygen atoms in total. The number of carbonyl (C=O) groups excluding carboxylic acids is 1. The standard InChI is InChI=1S/C14H29NO2/c1-7-17-14(16)12(6)15-13(8-10(2)3)9-11(4)5/h10-13,15H,7-9H2,1-6H3. The first-order valence-corrected chi connectivity index (χ1v) is 6.79. The van der Waals surface area contributed by atoms with Gasteiger partial charge in [0.1, 0.15) is 6.04 Å². The summed E-state index contributed by atoms with van der Waals surface area (Å²) in [5, 5.41) is 3.39. The zero-order valence-corrected chi connectivity index (χ0v) is 12.2. The first-order valence-electron chi connectivity index (χ1n) is 6.79. The zero-order valence-electron chi connectivity index (χ0n) is 12.2. The first kappa shape index (κ1) is 16.4. The Labute approximate surface area is 106 Å². The van der Waals surface area contributed by atoms with Gasteiger partial charge in [0, 0.05) is 6.04 Å². The van der Waals surface area contributed by atoms with Crippen molar-refractivity contribution in [3.63, 3.8) is 0 Å². The summed E-state index contributed by atoms with van der Waals surface area (Å²) in [6.45, 7) is 13.0. The predicted octanol–water partition coefficient (Wildman–Crippen LogP) is 2.99. The molecular weight excluding hydrogens is 214 g/mol. The Morgan fingerprint density at radius 2 is 1.53 bits per heavy atom. The molecule has 0 aliphatic carbocycles. The van der Waals surface area contributed by atoms with Crippen molar-refractivity contribution in [1.29, 1.82) is 0 Å². The van der Waals surface area contributed by atoms with Crippen molar-refractivity contribution in [2.24, 2.45) is 11.8 Å². The molecule has 102 valence electrons. The smallest absolute Gasteiger partial charge is 0.322 e. The molecule has 0 radical (unpaired) electrons. The summed E-state index contributed by atoms with van der Waals surface area (Å²) in [5.74, 6) is 1.13. The maximum absolute atomic E-state index is 11.6. The van der Waals surface area contributed by atoms with E-state index in [0.717, 1.165) is 12.8 Å². The second-order valence-corrected chi connectivity index (χ2v) is 5.60. The lowest BCUT2D eigenvalue weighted by Crippen LogP contribution is -2.43. The number of carbonyl (C=O) groups is 1. The molecule has 0 amide bonds. The van der Waals surface area contributed by atoms with Crippen LogP contribution in [-0.2, 0) is 9.53 Å². The second-order valence-electron chi connectivity index (χ2n) is 5.60. The van der Waals surface area contributed by atoms with E-state index in [1.165, 1.54) is 0 Å². The Morgan fingerprint density at radius 3 is 1.88 bits per heavy atom. The highest BCUT2D eigenvalue weighted by molar-refractivity contribution is 5.75. The van der Waals surface area contributed by atoms with Crippen LogP contribution >= 0.6 is 0 Å². The fourth-order valence-electron chi connectivity index (χ4n) is 2.06. The number of hydrogen-bond acceptors (Lipinski definition) is 3. The quantitative estimate of drug-likeness (QED) is 0.666. The van der Waals surface area contributed by atoms with Gasteiger partial charge in [0.05, 0.1) is 6.61 Å². The van der Waals surface area contributed by atoms with Crippen LogP contribution in [-0.4, -0.2) is 24.7 Å². The molecule has 0 saturated heterocycles. The molecule has 0 fully saturated rings. The molecule has 0 saturated carbocycles. The number of esters is 1. The zero-order chi connectivity index (χ0) is 13.4. The van der Waals surface area contributed by atoms with E-state index in [1.54, 1.807) is 0 Å². The van der Waals surface area contributed by atoms with Crippen LogP contribution in [0, 0.1) is 11.8 Å². The summed E-state index contributed by atoms with van der Waals surface area (Å²) in [6.07, 6.45) is 2.20. The third-order valence-electron chi connectivity index (χ3n) is 2.64. The summed E-state index contributed by atoms with van der Waals surface area (Å²) in [5.41, 5.74) is 0. The van der Waals surface area contributed by atoms with Gasteiger partial charge in [-0.15, -0.1) is 0 Å². The van der Waals surface area contributed by atoms with Crippen molar-refractivity contribution in [2.45, 2.75) is 66.5 Å². The van der Waals surface area contributed by atoms with E-state index in [9.17, 15) is 4.79 Å². The molecule has 17 heavy (non-hydrogen) atoms. The lowest BCUT2D eigenvalue weighted by atomic mass is 9.95. The maximum atomic E-state index is 11.6. The third-order valence-corrected chi connectivity index (χ3v) is 2.64. The van der Waals surface area contributed by atoms with Crippen LogP contribution < -0.4 is 5.32 Å². The molecule has 0 heterocycles. The Kier molecular flexibility index (Phi) is 8.23. The largest absolute Gasteiger partial charge is 0.465 e. The first-order chi connectivity index (χ1) is 7.86. The fourth-order valence-corrected chi connectivity index (χ4v) is 2.06. The van der Waals surface area contributed by atoms with E-state index in [1.807, 2.05) is 13.8 Å². The number of rotatable bonds is 8. The molecule has 0 aliphatic heterocycles. The Balaban J connectivity index is 4.25. The predicted molar refractivity (Wildman–Crippen MR) is 71.9 cm³/mol. The molecule has 0 aromatic heterocycles. The molecule has 0 rings (SSSR count). The van der Waals surface area contributed by atoms with Crippen LogP contribution in [0.4, 0.5) is 0 Å². The SMILES string of the molecule is CCOC(=O)C(C)NC(CC(C)C)CC(C)C. The lowest BCUT2D eigenvalue weighted by molar-refractivity contribution is -0.145. The van der Waals surface area contributed by atoms with E-state index in [-0.39, 0.29) is 12.0 Å². The molecule has 0 aromatic rings. The highest BCUT2D eigenvalue weighted by Crippen LogP contribution is 2.14. The van der Waals surface area contributed by atoms with Gasteiger partial charge >= 0.3 is 5.97 Å². The van der Waals surface area contributed by atoms with Crippen LogP contribution in [0.25, 0.3) is 0 Å². The van der Waals surface area contributed by atoms with Gasteiger partial charge < -0.3 is 10.1 Å². The van der Waals surface area contributed by atoms with Crippen molar-refractivity contribution < 1.29 is 9.53 Å². The van der Waals surface area contributed by atoms with Crippen LogP contribution in [0.2, 0.25) is 0 Å². The van der Waals surface area contributed by atoms with Crippen LogP contribution in [0.15, 0.2) is 0 Å². The lowest BCUT2D eigenvalue weighted by Gasteiger charge is -2.25. The van der Waals surface area contributed by atoms with E-state index < -0.39 is 0 Å². The minimum Gasteiger partial charge on any atom is -0.465 e. The highest BCUT2D eigenvalue weighted by Gasteiger charge is 2.20. The van der Waals surface area contributed by atoms with Gasteiger partial charge in [0.15, 0.2) is 0 Å². The van der Waals surface area contributed by atoms with E-state index >= 15 is 0 Å². The Morgan fingerprint density at radius 1 is 1.06 bits per heavy atom. The van der Waals surface area contributed by atoms with Gasteiger partial charge in [-0.2, -0.15) is 0 Å². The normalized spacial score (nSPS) is 13.5. The van der Waals surface area contributed by atoms with E-state index in [0.29, 0.717) is 24.5 Å². The molecule has 1 atom stereocenters. The molecule has 1 N–H and O–H groups in total. The molecule has 0 aliphatic rings. The number of nitrogens with one attached hydrogen (secondary N) is 1. The van der Waals surface area contributed by atoms with Gasteiger partial charge in [-0.1, -0.05) is 27.7 Å². The average molecular weight is 243 g/mol. The fraction of sp³-hybridized carbons (Fsp3) is 0.929. The summed E-state index contributed by atoms with van der Waals surface area (Å²) >= 11 is 0. The molecule has 0 aromatic carbocycles. The molecule has 0 spiro atoms. The molecule has 1 unspecified atom stereocenters. The summed E-state index contributed by atoms with van der Waals surface area (Å²) < 4.78 is 5.01. The Bertz CT molecular complexity index is 204. The topological polar surface area (TPSA) is 38.3 Å².